The Balaban J connectivity index is 1.56. The number of hydrogen-bond acceptors (Lipinski definition) is 5. The van der Waals surface area contributed by atoms with Crippen LogP contribution in [0.25, 0.3) is 6.08 Å². The molecule has 5 nitrogen and oxygen atoms in total. The number of ketones is 1. The fourth-order valence-corrected chi connectivity index (χ4v) is 2.58. The van der Waals surface area contributed by atoms with Crippen molar-refractivity contribution < 1.29 is 23.8 Å². The van der Waals surface area contributed by atoms with Gasteiger partial charge in [-0.2, -0.15) is 0 Å². The molecule has 3 rings (SSSR count). The van der Waals surface area contributed by atoms with Crippen LogP contribution in [0.15, 0.2) is 48.5 Å². The second-order valence-corrected chi connectivity index (χ2v) is 6.07. The second-order valence-electron chi connectivity index (χ2n) is 5.63. The molecule has 1 heterocycles. The van der Waals surface area contributed by atoms with Crippen molar-refractivity contribution in [3.05, 3.63) is 64.7 Å². The van der Waals surface area contributed by atoms with Crippen molar-refractivity contribution in [3.8, 4) is 11.5 Å². The Morgan fingerprint density at radius 1 is 1.08 bits per heavy atom. The third-order valence-electron chi connectivity index (χ3n) is 3.68. The summed E-state index contributed by atoms with van der Waals surface area (Å²) in [4.78, 5) is 24.0. The predicted octanol–water partition coefficient (Wildman–Crippen LogP) is 3.94. The lowest BCUT2D eigenvalue weighted by Gasteiger charge is -2.08. The molecule has 0 radical (unpaired) electrons. The summed E-state index contributed by atoms with van der Waals surface area (Å²) in [6.45, 7) is 0.767. The monoisotopic (exact) mass is 372 g/mol. The molecular weight excluding hydrogens is 356 g/mol. The van der Waals surface area contributed by atoms with E-state index in [4.69, 9.17) is 25.8 Å². The van der Waals surface area contributed by atoms with Crippen LogP contribution < -0.4 is 9.47 Å². The van der Waals surface area contributed by atoms with Crippen LogP contribution in [0.1, 0.15) is 22.3 Å². The van der Waals surface area contributed by atoms with Crippen molar-refractivity contribution in [2.24, 2.45) is 0 Å². The highest BCUT2D eigenvalue weighted by Gasteiger charge is 2.15. The first kappa shape index (κ1) is 18.0. The first-order valence-electron chi connectivity index (χ1n) is 8.15. The zero-order valence-electron chi connectivity index (χ0n) is 13.9. The minimum absolute atomic E-state index is 0.315. The molecule has 1 aliphatic rings. The Hall–Kier alpha value is -2.79. The van der Waals surface area contributed by atoms with Crippen molar-refractivity contribution in [2.45, 2.75) is 6.42 Å². The minimum Gasteiger partial charge on any atom is -0.490 e. The van der Waals surface area contributed by atoms with Crippen molar-refractivity contribution in [2.75, 3.05) is 19.8 Å². The van der Waals surface area contributed by atoms with E-state index in [1.54, 1.807) is 48.5 Å². The van der Waals surface area contributed by atoms with E-state index >= 15 is 0 Å². The molecule has 0 N–H and O–H groups in total. The topological polar surface area (TPSA) is 61.8 Å². The second kappa shape index (κ2) is 8.54. The molecule has 1 aliphatic heterocycles. The number of fused-ring (bicyclic) bond motifs is 1. The maximum atomic E-state index is 12.2. The van der Waals surface area contributed by atoms with Gasteiger partial charge in [-0.15, -0.1) is 0 Å². The van der Waals surface area contributed by atoms with Crippen molar-refractivity contribution in [1.82, 2.24) is 0 Å². The van der Waals surface area contributed by atoms with Crippen LogP contribution in [0.5, 0.6) is 11.5 Å². The summed E-state index contributed by atoms with van der Waals surface area (Å²) >= 11 is 5.88. The Labute approximate surface area is 156 Å². The molecule has 0 saturated heterocycles. The Morgan fingerprint density at radius 2 is 1.88 bits per heavy atom. The average Bonchev–Trinajstić information content (AvgIpc) is 2.89. The first-order chi connectivity index (χ1) is 12.6. The molecule has 2 aromatic carbocycles. The van der Waals surface area contributed by atoms with Crippen LogP contribution in [0.4, 0.5) is 0 Å². The highest BCUT2D eigenvalue weighted by atomic mass is 35.5. The van der Waals surface area contributed by atoms with Gasteiger partial charge in [-0.05, 0) is 42.0 Å². The van der Waals surface area contributed by atoms with E-state index in [1.807, 2.05) is 0 Å². The third-order valence-corrected chi connectivity index (χ3v) is 3.91. The van der Waals surface area contributed by atoms with E-state index < -0.39 is 5.97 Å². The van der Waals surface area contributed by atoms with Gasteiger partial charge >= 0.3 is 5.97 Å². The van der Waals surface area contributed by atoms with Gasteiger partial charge in [0, 0.05) is 23.1 Å². The number of carbonyl (C=O) groups is 2. The summed E-state index contributed by atoms with van der Waals surface area (Å²) < 4.78 is 16.1. The fraction of sp³-hybridized carbons (Fsp3) is 0.200. The standard InChI is InChI=1S/C20H17ClO5/c21-16-4-1-3-14(11-16)5-8-20(23)26-13-17(22)15-6-7-18-19(12-15)25-10-2-9-24-18/h1,3-8,11-12H,2,9-10,13H2/b8-5+. The van der Waals surface area contributed by atoms with E-state index in [0.29, 0.717) is 35.3 Å². The van der Waals surface area contributed by atoms with Gasteiger partial charge in [0.2, 0.25) is 0 Å². The van der Waals surface area contributed by atoms with Crippen LogP contribution >= 0.6 is 11.6 Å². The van der Waals surface area contributed by atoms with E-state index in [-0.39, 0.29) is 12.4 Å². The Bertz CT molecular complexity index is 844. The molecule has 0 aromatic heterocycles. The van der Waals surface area contributed by atoms with E-state index in [9.17, 15) is 9.59 Å². The van der Waals surface area contributed by atoms with Gasteiger partial charge in [-0.1, -0.05) is 23.7 Å². The van der Waals surface area contributed by atoms with Gasteiger partial charge in [-0.25, -0.2) is 4.79 Å². The van der Waals surface area contributed by atoms with Gasteiger partial charge in [0.05, 0.1) is 13.2 Å². The molecule has 26 heavy (non-hydrogen) atoms. The smallest absolute Gasteiger partial charge is 0.331 e. The van der Waals surface area contributed by atoms with Crippen LogP contribution in [-0.2, 0) is 9.53 Å². The lowest BCUT2D eigenvalue weighted by atomic mass is 10.1. The molecule has 2 aromatic rings. The molecule has 0 saturated carbocycles. The summed E-state index contributed by atoms with van der Waals surface area (Å²) in [5, 5.41) is 0.574. The SMILES string of the molecule is O=C(/C=C/c1cccc(Cl)c1)OCC(=O)c1ccc2c(c1)OCCCO2. The molecule has 0 fully saturated rings. The number of Topliss-reactive ketones (excluding diaryl/α,β-unsaturated/α-hetero) is 1. The predicted molar refractivity (Wildman–Crippen MR) is 97.8 cm³/mol. The van der Waals surface area contributed by atoms with Gasteiger partial charge in [0.25, 0.3) is 0 Å². The van der Waals surface area contributed by atoms with Crippen molar-refractivity contribution in [3.63, 3.8) is 0 Å². The normalized spacial score (nSPS) is 13.3. The molecule has 0 bridgehead atoms. The number of esters is 1. The van der Waals surface area contributed by atoms with Gasteiger partial charge < -0.3 is 14.2 Å². The molecule has 0 unspecified atom stereocenters. The third kappa shape index (κ3) is 4.86. The summed E-state index contributed by atoms with van der Waals surface area (Å²) in [5.74, 6) is 0.221. The van der Waals surface area contributed by atoms with Crippen LogP contribution in [-0.4, -0.2) is 31.6 Å². The van der Waals surface area contributed by atoms with E-state index in [0.717, 1.165) is 12.0 Å². The maximum absolute atomic E-state index is 12.2. The highest BCUT2D eigenvalue weighted by molar-refractivity contribution is 6.30. The average molecular weight is 373 g/mol. The largest absolute Gasteiger partial charge is 0.490 e. The minimum atomic E-state index is -0.604. The number of benzene rings is 2. The molecule has 0 atom stereocenters. The molecule has 0 aliphatic carbocycles. The zero-order valence-corrected chi connectivity index (χ0v) is 14.7. The Morgan fingerprint density at radius 3 is 2.69 bits per heavy atom. The van der Waals surface area contributed by atoms with Gasteiger partial charge in [0.1, 0.15) is 0 Å². The first-order valence-corrected chi connectivity index (χ1v) is 8.53. The van der Waals surface area contributed by atoms with Crippen molar-refractivity contribution >= 4 is 29.4 Å². The van der Waals surface area contributed by atoms with Crippen LogP contribution in [0, 0.1) is 0 Å². The molecule has 0 amide bonds. The summed E-state index contributed by atoms with van der Waals surface area (Å²) in [6, 6.07) is 12.0. The number of rotatable bonds is 5. The molecule has 134 valence electrons. The zero-order chi connectivity index (χ0) is 18.4. The van der Waals surface area contributed by atoms with E-state index in [2.05, 4.69) is 0 Å². The molecule has 0 spiro atoms. The van der Waals surface area contributed by atoms with Crippen molar-refractivity contribution in [1.29, 1.82) is 0 Å². The summed E-state index contributed by atoms with van der Waals surface area (Å²) in [5.41, 5.74) is 1.17. The van der Waals surface area contributed by atoms with Gasteiger partial charge in [0.15, 0.2) is 23.9 Å². The summed E-state index contributed by atoms with van der Waals surface area (Å²) in [7, 11) is 0. The Kier molecular flexibility index (Phi) is 5.92. The lowest BCUT2D eigenvalue weighted by molar-refractivity contribution is -0.136. The lowest BCUT2D eigenvalue weighted by Crippen LogP contribution is -2.12. The number of halogens is 1. The number of carbonyl (C=O) groups excluding carboxylic acids is 2. The van der Waals surface area contributed by atoms with Crippen LogP contribution in [0.2, 0.25) is 5.02 Å². The summed E-state index contributed by atoms with van der Waals surface area (Å²) in [6.07, 6.45) is 3.62. The van der Waals surface area contributed by atoms with E-state index in [1.165, 1.54) is 6.08 Å². The number of ether oxygens (including phenoxy) is 3. The van der Waals surface area contributed by atoms with Crippen LogP contribution in [0.3, 0.4) is 0 Å². The van der Waals surface area contributed by atoms with Gasteiger partial charge in [-0.3, -0.25) is 4.79 Å². The highest BCUT2D eigenvalue weighted by Crippen LogP contribution is 2.30. The molecule has 6 heteroatoms. The maximum Gasteiger partial charge on any atom is 0.331 e. The fourth-order valence-electron chi connectivity index (χ4n) is 2.38. The molecular formula is C20H17ClO5. The quantitative estimate of drug-likeness (QED) is 0.452. The number of hydrogen-bond donors (Lipinski definition) is 0.